The third-order valence-electron chi connectivity index (χ3n) is 4.41. The maximum atomic E-state index is 2.37. The van der Waals surface area contributed by atoms with Gasteiger partial charge in [0.05, 0.1) is 0 Å². The van der Waals surface area contributed by atoms with Crippen LogP contribution in [0.1, 0.15) is 22.3 Å². The zero-order chi connectivity index (χ0) is 16.3. The molecule has 0 aliphatic rings. The van der Waals surface area contributed by atoms with Gasteiger partial charge in [-0.25, -0.2) is 0 Å². The van der Waals surface area contributed by atoms with E-state index < -0.39 is 0 Å². The first-order valence-corrected chi connectivity index (χ1v) is 7.96. The van der Waals surface area contributed by atoms with Crippen molar-refractivity contribution < 1.29 is 20.4 Å². The van der Waals surface area contributed by atoms with Gasteiger partial charge < -0.3 is 24.7 Å². The Labute approximate surface area is 169 Å². The van der Waals surface area contributed by atoms with Crippen LogP contribution in [-0.4, -0.2) is 27.2 Å². The summed E-state index contributed by atoms with van der Waals surface area (Å²) in [6.07, 6.45) is 0. The zero-order valence-electron chi connectivity index (χ0n) is 17.1. The number of para-hydroxylation sites is 2. The van der Waals surface area contributed by atoms with Crippen LogP contribution in [-0.2, 0) is 20.4 Å². The SMILES string of the molecule is Cc1cccc(C)c1N(C)CCN(C)c1c(C)cccc1C.[CH3-].[CH3-].[Pd]. The van der Waals surface area contributed by atoms with E-state index in [9.17, 15) is 0 Å². The smallest absolute Gasteiger partial charge is 0.0423 e. The number of hydrogen-bond donors (Lipinski definition) is 0. The van der Waals surface area contributed by atoms with Gasteiger partial charge in [-0.2, -0.15) is 0 Å². The molecule has 0 heterocycles. The van der Waals surface area contributed by atoms with E-state index in [4.69, 9.17) is 0 Å². The molecule has 0 saturated carbocycles. The molecule has 0 saturated heterocycles. The summed E-state index contributed by atoms with van der Waals surface area (Å²) >= 11 is 0. The van der Waals surface area contributed by atoms with E-state index in [0.29, 0.717) is 0 Å². The second-order valence-corrected chi connectivity index (χ2v) is 6.32. The Bertz CT molecular complexity index is 554. The molecule has 0 aliphatic heterocycles. The van der Waals surface area contributed by atoms with Crippen LogP contribution in [0.4, 0.5) is 11.4 Å². The van der Waals surface area contributed by atoms with E-state index in [2.05, 4.69) is 88.0 Å². The Balaban J connectivity index is 0. The average Bonchev–Trinajstić information content (AvgIpc) is 2.44. The maximum absolute atomic E-state index is 2.37. The molecule has 2 rings (SSSR count). The second-order valence-electron chi connectivity index (χ2n) is 6.32. The van der Waals surface area contributed by atoms with Crippen molar-refractivity contribution in [3.05, 3.63) is 73.5 Å². The number of aryl methyl sites for hydroxylation is 4. The Morgan fingerprint density at radius 1 is 0.600 bits per heavy atom. The maximum Gasteiger partial charge on any atom is 0.0423 e. The van der Waals surface area contributed by atoms with Gasteiger partial charge in [-0.3, -0.25) is 0 Å². The summed E-state index contributed by atoms with van der Waals surface area (Å²) < 4.78 is 0. The average molecular weight is 433 g/mol. The van der Waals surface area contributed by atoms with Crippen LogP contribution in [0.2, 0.25) is 0 Å². The first-order valence-electron chi connectivity index (χ1n) is 7.96. The number of rotatable bonds is 5. The Morgan fingerprint density at radius 3 is 1.08 bits per heavy atom. The predicted octanol–water partition coefficient (Wildman–Crippen LogP) is 5.39. The Hall–Kier alpha value is -1.30. The molecule has 2 nitrogen and oxygen atoms in total. The molecular formula is C22H34N2Pd-2. The molecule has 3 heteroatoms. The molecule has 0 unspecified atom stereocenters. The number of nitrogens with zero attached hydrogens (tertiary/aromatic N) is 2. The number of hydrogen-bond acceptors (Lipinski definition) is 2. The quantitative estimate of drug-likeness (QED) is 0.461. The van der Waals surface area contributed by atoms with Gasteiger partial charge in [0.2, 0.25) is 0 Å². The van der Waals surface area contributed by atoms with E-state index in [1.54, 1.807) is 0 Å². The van der Waals surface area contributed by atoms with Gasteiger partial charge in [0.15, 0.2) is 0 Å². The van der Waals surface area contributed by atoms with Crippen molar-refractivity contribution in [2.24, 2.45) is 0 Å². The van der Waals surface area contributed by atoms with Gasteiger partial charge in [-0.05, 0) is 49.9 Å². The van der Waals surface area contributed by atoms with Crippen molar-refractivity contribution in [1.29, 1.82) is 0 Å². The molecule has 25 heavy (non-hydrogen) atoms. The van der Waals surface area contributed by atoms with Crippen LogP contribution in [0, 0.1) is 42.5 Å². The van der Waals surface area contributed by atoms with Crippen molar-refractivity contribution in [2.45, 2.75) is 27.7 Å². The first kappa shape index (κ1) is 25.9. The topological polar surface area (TPSA) is 6.48 Å². The minimum Gasteiger partial charge on any atom is -0.372 e. The fourth-order valence-corrected chi connectivity index (χ4v) is 3.34. The number of anilines is 2. The van der Waals surface area contributed by atoms with E-state index >= 15 is 0 Å². The normalized spacial score (nSPS) is 9.36. The molecule has 0 aliphatic carbocycles. The summed E-state index contributed by atoms with van der Waals surface area (Å²) in [5.41, 5.74) is 8.10. The summed E-state index contributed by atoms with van der Waals surface area (Å²) in [6.45, 7) is 10.8. The minimum atomic E-state index is 0. The van der Waals surface area contributed by atoms with Crippen LogP contribution in [0.5, 0.6) is 0 Å². The third-order valence-corrected chi connectivity index (χ3v) is 4.41. The van der Waals surface area contributed by atoms with Crippen LogP contribution >= 0.6 is 0 Å². The van der Waals surface area contributed by atoms with Crippen molar-refractivity contribution in [2.75, 3.05) is 37.0 Å². The van der Waals surface area contributed by atoms with Gasteiger partial charge in [0, 0.05) is 59.0 Å². The van der Waals surface area contributed by atoms with Crippen LogP contribution in [0.15, 0.2) is 36.4 Å². The molecule has 0 spiro atoms. The summed E-state index contributed by atoms with van der Waals surface area (Å²) in [5, 5.41) is 0. The molecule has 2 aromatic carbocycles. The molecule has 0 atom stereocenters. The molecule has 144 valence electrons. The molecule has 2 aromatic rings. The monoisotopic (exact) mass is 432 g/mol. The Kier molecular flexibility index (Phi) is 11.8. The minimum absolute atomic E-state index is 0. The molecular weight excluding hydrogens is 399 g/mol. The van der Waals surface area contributed by atoms with Crippen LogP contribution in [0.3, 0.4) is 0 Å². The van der Waals surface area contributed by atoms with Gasteiger partial charge in [-0.15, -0.1) is 0 Å². The van der Waals surface area contributed by atoms with Crippen LogP contribution < -0.4 is 9.80 Å². The summed E-state index contributed by atoms with van der Waals surface area (Å²) in [6, 6.07) is 13.0. The van der Waals surface area contributed by atoms with E-state index in [0.717, 1.165) is 13.1 Å². The van der Waals surface area contributed by atoms with Gasteiger partial charge >= 0.3 is 0 Å². The van der Waals surface area contributed by atoms with Crippen LogP contribution in [0.25, 0.3) is 0 Å². The first-order chi connectivity index (χ1) is 10.4. The van der Waals surface area contributed by atoms with Crippen molar-refractivity contribution >= 4 is 11.4 Å². The molecule has 0 radical (unpaired) electrons. The number of likely N-dealkylation sites (N-methyl/N-ethyl adjacent to an activating group) is 2. The molecule has 0 amide bonds. The van der Waals surface area contributed by atoms with E-state index in [1.165, 1.54) is 33.6 Å². The molecule has 0 bridgehead atoms. The van der Waals surface area contributed by atoms with E-state index in [1.807, 2.05) is 0 Å². The summed E-state index contributed by atoms with van der Waals surface area (Å²) in [7, 11) is 4.38. The fourth-order valence-electron chi connectivity index (χ4n) is 3.34. The van der Waals surface area contributed by atoms with E-state index in [-0.39, 0.29) is 35.3 Å². The van der Waals surface area contributed by atoms with Crippen molar-refractivity contribution in [1.82, 2.24) is 0 Å². The predicted molar refractivity (Wildman–Crippen MR) is 111 cm³/mol. The van der Waals surface area contributed by atoms with Crippen molar-refractivity contribution in [3.8, 4) is 0 Å². The Morgan fingerprint density at radius 2 is 0.840 bits per heavy atom. The number of benzene rings is 2. The van der Waals surface area contributed by atoms with Gasteiger partial charge in [0.25, 0.3) is 0 Å². The molecule has 0 N–H and O–H groups in total. The second kappa shape index (κ2) is 11.3. The zero-order valence-corrected chi connectivity index (χ0v) is 18.6. The van der Waals surface area contributed by atoms with Crippen molar-refractivity contribution in [3.63, 3.8) is 0 Å². The third kappa shape index (κ3) is 6.17. The van der Waals surface area contributed by atoms with Gasteiger partial charge in [-0.1, -0.05) is 36.4 Å². The molecule has 0 fully saturated rings. The largest absolute Gasteiger partial charge is 0.372 e. The summed E-state index contributed by atoms with van der Waals surface area (Å²) in [4.78, 5) is 4.74. The fraction of sp³-hybridized carbons (Fsp3) is 0.364. The standard InChI is InChI=1S/C20H28N2.2CH3.Pd/c1-15-9-7-10-16(2)19(15)21(5)13-14-22(6)20-17(3)11-8-12-18(20)4;;;/h7-12H,13-14H2,1-6H3;2*1H3;/q;2*-1;. The molecule has 0 aromatic heterocycles. The summed E-state index contributed by atoms with van der Waals surface area (Å²) in [5.74, 6) is 0. The van der Waals surface area contributed by atoms with Gasteiger partial charge in [0.1, 0.15) is 0 Å².